The molecule has 118 valence electrons. The van der Waals surface area contributed by atoms with Crippen LogP contribution in [0.3, 0.4) is 0 Å². The molecule has 23 heavy (non-hydrogen) atoms. The van der Waals surface area contributed by atoms with Gasteiger partial charge >= 0.3 is 5.97 Å². The second-order valence-corrected chi connectivity index (χ2v) is 4.58. The Kier molecular flexibility index (Phi) is 4.51. The Bertz CT molecular complexity index is 797. The number of carboxylic acids is 1. The second kappa shape index (κ2) is 6.52. The van der Waals surface area contributed by atoms with E-state index in [2.05, 4.69) is 5.32 Å². The number of aromatic carboxylic acids is 1. The minimum atomic E-state index is -1.29. The van der Waals surface area contributed by atoms with Crippen LogP contribution in [0.25, 0.3) is 6.08 Å². The maximum atomic E-state index is 11.9. The Balaban J connectivity index is 2.18. The quantitative estimate of drug-likeness (QED) is 0.434. The molecule has 2 aromatic carbocycles. The highest BCUT2D eigenvalue weighted by Gasteiger charge is 2.15. The van der Waals surface area contributed by atoms with Crippen LogP contribution in [-0.2, 0) is 4.79 Å². The lowest BCUT2D eigenvalue weighted by Crippen LogP contribution is -2.12. The highest BCUT2D eigenvalue weighted by atomic mass is 16.4. The molecule has 0 saturated carbocycles. The van der Waals surface area contributed by atoms with E-state index in [0.29, 0.717) is 5.56 Å². The van der Waals surface area contributed by atoms with Gasteiger partial charge < -0.3 is 25.7 Å². The summed E-state index contributed by atoms with van der Waals surface area (Å²) in [6.45, 7) is 0. The first-order valence-corrected chi connectivity index (χ1v) is 6.45. The average Bonchev–Trinajstić information content (AvgIpc) is 2.50. The minimum absolute atomic E-state index is 0.205. The van der Waals surface area contributed by atoms with Gasteiger partial charge in [0.1, 0.15) is 5.75 Å². The van der Waals surface area contributed by atoms with E-state index in [1.165, 1.54) is 42.5 Å². The summed E-state index contributed by atoms with van der Waals surface area (Å²) in [6, 6.07) is 7.84. The molecule has 2 aromatic rings. The molecule has 0 fully saturated rings. The van der Waals surface area contributed by atoms with E-state index in [1.807, 2.05) is 0 Å². The first-order chi connectivity index (χ1) is 10.9. The van der Waals surface area contributed by atoms with Crippen LogP contribution in [-0.4, -0.2) is 32.3 Å². The molecule has 7 heteroatoms. The van der Waals surface area contributed by atoms with Gasteiger partial charge in [0.05, 0.1) is 11.3 Å². The molecule has 0 saturated heterocycles. The first-order valence-electron chi connectivity index (χ1n) is 6.45. The first kappa shape index (κ1) is 15.9. The lowest BCUT2D eigenvalue weighted by molar-refractivity contribution is -0.111. The summed E-state index contributed by atoms with van der Waals surface area (Å²) in [5.41, 5.74) is 0.00317. The number of benzene rings is 2. The molecule has 0 spiro atoms. The van der Waals surface area contributed by atoms with Gasteiger partial charge in [-0.05, 0) is 35.9 Å². The smallest absolute Gasteiger partial charge is 0.337 e. The second-order valence-electron chi connectivity index (χ2n) is 4.58. The van der Waals surface area contributed by atoms with Crippen LogP contribution in [0, 0.1) is 0 Å². The Labute approximate surface area is 130 Å². The lowest BCUT2D eigenvalue weighted by atomic mass is 10.1. The van der Waals surface area contributed by atoms with Crippen molar-refractivity contribution in [1.29, 1.82) is 0 Å². The summed E-state index contributed by atoms with van der Waals surface area (Å²) in [5, 5.41) is 39.5. The molecule has 0 aliphatic carbocycles. The number of phenolic OH excluding ortho intramolecular Hbond substituents is 3. The van der Waals surface area contributed by atoms with Crippen LogP contribution in [0.15, 0.2) is 42.5 Å². The molecule has 0 unspecified atom stereocenters. The summed E-state index contributed by atoms with van der Waals surface area (Å²) < 4.78 is 0. The van der Waals surface area contributed by atoms with E-state index in [4.69, 9.17) is 5.11 Å². The fourth-order valence-corrected chi connectivity index (χ4v) is 1.83. The fraction of sp³-hybridized carbons (Fsp3) is 0. The zero-order valence-corrected chi connectivity index (χ0v) is 11.7. The zero-order valence-electron chi connectivity index (χ0n) is 11.7. The van der Waals surface area contributed by atoms with E-state index in [9.17, 15) is 24.9 Å². The molecule has 0 aliphatic heterocycles. The number of phenols is 3. The third kappa shape index (κ3) is 3.79. The topological polar surface area (TPSA) is 127 Å². The maximum absolute atomic E-state index is 11.9. The van der Waals surface area contributed by atoms with Crippen molar-refractivity contribution in [2.24, 2.45) is 0 Å². The van der Waals surface area contributed by atoms with Crippen molar-refractivity contribution in [3.05, 3.63) is 53.6 Å². The predicted molar refractivity (Wildman–Crippen MR) is 82.5 cm³/mol. The Hall–Kier alpha value is -3.48. The summed E-state index contributed by atoms with van der Waals surface area (Å²) in [7, 11) is 0. The van der Waals surface area contributed by atoms with Gasteiger partial charge in [-0.15, -0.1) is 0 Å². The molecule has 7 nitrogen and oxygen atoms in total. The standard InChI is InChI=1S/C16H13NO6/c18-11-6-4-9(8-13(11)20)5-7-14(21)17-15-10(16(22)23)2-1-3-12(15)19/h1-8,18-20H,(H,17,21)(H,22,23)/b7-5+. The van der Waals surface area contributed by atoms with Gasteiger partial charge in [-0.1, -0.05) is 12.1 Å². The minimum Gasteiger partial charge on any atom is -0.506 e. The molecule has 0 heterocycles. The highest BCUT2D eigenvalue weighted by molar-refractivity contribution is 6.07. The fourth-order valence-electron chi connectivity index (χ4n) is 1.83. The van der Waals surface area contributed by atoms with Crippen molar-refractivity contribution in [2.75, 3.05) is 5.32 Å². The molecule has 1 amide bonds. The van der Waals surface area contributed by atoms with Gasteiger partial charge in [0, 0.05) is 6.08 Å². The van der Waals surface area contributed by atoms with Gasteiger partial charge in [-0.25, -0.2) is 4.79 Å². The van der Waals surface area contributed by atoms with Crippen LogP contribution in [0.4, 0.5) is 5.69 Å². The van der Waals surface area contributed by atoms with Crippen molar-refractivity contribution in [3.8, 4) is 17.2 Å². The lowest BCUT2D eigenvalue weighted by Gasteiger charge is -2.08. The number of carbonyl (C=O) groups is 2. The van der Waals surface area contributed by atoms with Gasteiger partial charge in [-0.3, -0.25) is 4.79 Å². The molecule has 0 bridgehead atoms. The van der Waals surface area contributed by atoms with E-state index in [0.717, 1.165) is 6.08 Å². The van der Waals surface area contributed by atoms with E-state index in [1.54, 1.807) is 0 Å². The molecule has 0 radical (unpaired) electrons. The van der Waals surface area contributed by atoms with Crippen LogP contribution in [0.5, 0.6) is 17.2 Å². The number of rotatable bonds is 4. The molecule has 0 aliphatic rings. The van der Waals surface area contributed by atoms with Crippen LogP contribution >= 0.6 is 0 Å². The van der Waals surface area contributed by atoms with Gasteiger partial charge in [0.15, 0.2) is 11.5 Å². The normalized spacial score (nSPS) is 10.6. The van der Waals surface area contributed by atoms with Crippen molar-refractivity contribution < 1.29 is 30.0 Å². The van der Waals surface area contributed by atoms with E-state index in [-0.39, 0.29) is 28.5 Å². The summed E-state index contributed by atoms with van der Waals surface area (Å²) >= 11 is 0. The number of nitrogens with one attached hydrogen (secondary N) is 1. The number of aromatic hydroxyl groups is 3. The molecular weight excluding hydrogens is 302 g/mol. The maximum Gasteiger partial charge on any atom is 0.337 e. The monoisotopic (exact) mass is 315 g/mol. The van der Waals surface area contributed by atoms with Crippen molar-refractivity contribution in [3.63, 3.8) is 0 Å². The van der Waals surface area contributed by atoms with Gasteiger partial charge in [0.25, 0.3) is 0 Å². The van der Waals surface area contributed by atoms with E-state index >= 15 is 0 Å². The number of amides is 1. The van der Waals surface area contributed by atoms with Crippen molar-refractivity contribution >= 4 is 23.6 Å². The van der Waals surface area contributed by atoms with Crippen molar-refractivity contribution in [2.45, 2.75) is 0 Å². The Morgan fingerprint density at radius 2 is 1.70 bits per heavy atom. The SMILES string of the molecule is O=C(/C=C/c1ccc(O)c(O)c1)Nc1c(O)cccc1C(=O)O. The summed E-state index contributed by atoms with van der Waals surface area (Å²) in [6.07, 6.45) is 2.46. The number of hydrogen-bond donors (Lipinski definition) is 5. The predicted octanol–water partition coefficient (Wildman–Crippen LogP) is 2.15. The molecule has 0 aromatic heterocycles. The number of carbonyl (C=O) groups excluding carboxylic acids is 1. The summed E-state index contributed by atoms with van der Waals surface area (Å²) in [5.74, 6) is -2.94. The molecular formula is C16H13NO6. The number of para-hydroxylation sites is 1. The average molecular weight is 315 g/mol. The Morgan fingerprint density at radius 1 is 0.957 bits per heavy atom. The van der Waals surface area contributed by atoms with E-state index < -0.39 is 11.9 Å². The molecule has 2 rings (SSSR count). The van der Waals surface area contributed by atoms with Crippen molar-refractivity contribution in [1.82, 2.24) is 0 Å². The third-order valence-corrected chi connectivity index (χ3v) is 2.95. The third-order valence-electron chi connectivity index (χ3n) is 2.95. The molecule has 0 atom stereocenters. The molecule has 5 N–H and O–H groups in total. The number of anilines is 1. The van der Waals surface area contributed by atoms with Crippen LogP contribution in [0.2, 0.25) is 0 Å². The largest absolute Gasteiger partial charge is 0.506 e. The Morgan fingerprint density at radius 3 is 2.35 bits per heavy atom. The van der Waals surface area contributed by atoms with Crippen LogP contribution in [0.1, 0.15) is 15.9 Å². The number of hydrogen-bond acceptors (Lipinski definition) is 5. The number of carboxylic acid groups (broad SMARTS) is 1. The highest BCUT2D eigenvalue weighted by Crippen LogP contribution is 2.28. The summed E-state index contributed by atoms with van der Waals surface area (Å²) in [4.78, 5) is 22.9. The van der Waals surface area contributed by atoms with Crippen LogP contribution < -0.4 is 5.32 Å². The van der Waals surface area contributed by atoms with Gasteiger partial charge in [-0.2, -0.15) is 0 Å². The van der Waals surface area contributed by atoms with Gasteiger partial charge in [0.2, 0.25) is 5.91 Å². The zero-order chi connectivity index (χ0) is 17.0.